The zero-order valence-electron chi connectivity index (χ0n) is 12.5. The van der Waals surface area contributed by atoms with Gasteiger partial charge in [0.15, 0.2) is 0 Å². The fraction of sp³-hybridized carbons (Fsp3) is 0.786. The van der Waals surface area contributed by atoms with E-state index in [0.717, 1.165) is 31.2 Å². The molecule has 0 aliphatic carbocycles. The third kappa shape index (κ3) is 4.30. The molecule has 6 nitrogen and oxygen atoms in total. The Morgan fingerprint density at radius 1 is 1.35 bits per heavy atom. The predicted molar refractivity (Wildman–Crippen MR) is 77.1 cm³/mol. The second-order valence-electron chi connectivity index (χ2n) is 5.77. The Hall–Kier alpha value is -1.43. The molecule has 1 aliphatic heterocycles. The number of hydrogen-bond donors (Lipinski definition) is 2. The number of fused-ring (bicyclic) bond motifs is 1. The highest BCUT2D eigenvalue weighted by molar-refractivity contribution is 5.76. The lowest BCUT2D eigenvalue weighted by Gasteiger charge is -2.14. The molecule has 2 rings (SSSR count). The minimum Gasteiger partial charge on any atom is -0.356 e. The number of aryl methyl sites for hydroxylation is 1. The van der Waals surface area contributed by atoms with Crippen LogP contribution in [0, 0.1) is 5.92 Å². The van der Waals surface area contributed by atoms with Gasteiger partial charge >= 0.3 is 0 Å². The lowest BCUT2D eigenvalue weighted by atomic mass is 10.2. The summed E-state index contributed by atoms with van der Waals surface area (Å²) < 4.78 is 2.20. The smallest absolute Gasteiger partial charge is 0.221 e. The van der Waals surface area contributed by atoms with Crippen molar-refractivity contribution in [2.75, 3.05) is 13.1 Å². The molecule has 6 heteroatoms. The van der Waals surface area contributed by atoms with E-state index in [1.807, 2.05) is 0 Å². The minimum absolute atomic E-state index is 0.106. The summed E-state index contributed by atoms with van der Waals surface area (Å²) in [6.07, 6.45) is 3.95. The van der Waals surface area contributed by atoms with E-state index >= 15 is 0 Å². The molecule has 0 bridgehead atoms. The van der Waals surface area contributed by atoms with Crippen molar-refractivity contribution in [3.05, 3.63) is 11.6 Å². The van der Waals surface area contributed by atoms with Gasteiger partial charge in [0, 0.05) is 32.5 Å². The van der Waals surface area contributed by atoms with E-state index in [1.54, 1.807) is 0 Å². The molecule has 112 valence electrons. The van der Waals surface area contributed by atoms with Crippen LogP contribution in [0.25, 0.3) is 0 Å². The van der Waals surface area contributed by atoms with E-state index in [0.29, 0.717) is 25.4 Å². The van der Waals surface area contributed by atoms with Crippen molar-refractivity contribution < 1.29 is 4.79 Å². The highest BCUT2D eigenvalue weighted by Gasteiger charge is 2.15. The Kier molecular flexibility index (Phi) is 5.52. The van der Waals surface area contributed by atoms with Crippen LogP contribution in [0.5, 0.6) is 0 Å². The molecule has 2 heterocycles. The van der Waals surface area contributed by atoms with E-state index in [2.05, 4.69) is 39.2 Å². The molecule has 0 saturated heterocycles. The third-order valence-electron chi connectivity index (χ3n) is 3.46. The Bertz CT molecular complexity index is 441. The molecule has 1 aliphatic rings. The number of nitrogens with one attached hydrogen (secondary N) is 2. The first-order valence-electron chi connectivity index (χ1n) is 7.55. The van der Waals surface area contributed by atoms with Gasteiger partial charge < -0.3 is 15.2 Å². The lowest BCUT2D eigenvalue weighted by Crippen LogP contribution is -2.30. The van der Waals surface area contributed by atoms with Crippen LogP contribution in [-0.2, 0) is 24.3 Å². The second kappa shape index (κ2) is 7.38. The average molecular weight is 279 g/mol. The summed E-state index contributed by atoms with van der Waals surface area (Å²) in [5.74, 6) is 2.69. The van der Waals surface area contributed by atoms with Crippen LogP contribution in [0.4, 0.5) is 0 Å². The van der Waals surface area contributed by atoms with Crippen LogP contribution in [0.1, 0.15) is 44.8 Å². The van der Waals surface area contributed by atoms with Crippen LogP contribution in [-0.4, -0.2) is 33.8 Å². The summed E-state index contributed by atoms with van der Waals surface area (Å²) in [6, 6.07) is 0. The van der Waals surface area contributed by atoms with Crippen molar-refractivity contribution in [3.8, 4) is 0 Å². The molecule has 0 unspecified atom stereocenters. The van der Waals surface area contributed by atoms with Gasteiger partial charge in [-0.2, -0.15) is 0 Å². The first-order valence-corrected chi connectivity index (χ1v) is 7.55. The number of hydrogen-bond acceptors (Lipinski definition) is 4. The van der Waals surface area contributed by atoms with Crippen molar-refractivity contribution in [2.24, 2.45) is 5.92 Å². The maximum Gasteiger partial charge on any atom is 0.221 e. The Balaban J connectivity index is 1.66. The molecule has 0 atom stereocenters. The predicted octanol–water partition coefficient (Wildman–Crippen LogP) is 0.866. The standard InChI is InChI=1S/C14H25N5O/c1-11(2)9-16-14(20)6-7-15-10-13-18-17-12-5-3-4-8-19(12)13/h11,15H,3-10H2,1-2H3,(H,16,20). The van der Waals surface area contributed by atoms with Crippen LogP contribution in [0.2, 0.25) is 0 Å². The molecule has 0 fully saturated rings. The molecule has 0 spiro atoms. The number of rotatable bonds is 7. The maximum absolute atomic E-state index is 11.6. The van der Waals surface area contributed by atoms with E-state index in [-0.39, 0.29) is 5.91 Å². The normalized spacial score (nSPS) is 14.3. The first-order chi connectivity index (χ1) is 9.66. The van der Waals surface area contributed by atoms with E-state index in [4.69, 9.17) is 0 Å². The molecule has 1 aromatic heterocycles. The average Bonchev–Trinajstić information content (AvgIpc) is 2.85. The summed E-state index contributed by atoms with van der Waals surface area (Å²) in [5.41, 5.74) is 0. The van der Waals surface area contributed by atoms with Crippen molar-refractivity contribution in [1.29, 1.82) is 0 Å². The van der Waals surface area contributed by atoms with E-state index in [1.165, 1.54) is 12.8 Å². The highest BCUT2D eigenvalue weighted by atomic mass is 16.1. The Labute approximate surface area is 120 Å². The Morgan fingerprint density at radius 2 is 2.20 bits per heavy atom. The first kappa shape index (κ1) is 15.0. The third-order valence-corrected chi connectivity index (χ3v) is 3.46. The molecule has 0 aromatic carbocycles. The maximum atomic E-state index is 11.6. The number of nitrogens with zero attached hydrogens (tertiary/aromatic N) is 3. The summed E-state index contributed by atoms with van der Waals surface area (Å²) in [6.45, 7) is 7.31. The molecular weight excluding hydrogens is 254 g/mol. The fourth-order valence-corrected chi connectivity index (χ4v) is 2.31. The minimum atomic E-state index is 0.106. The van der Waals surface area contributed by atoms with Crippen molar-refractivity contribution in [2.45, 2.75) is 52.6 Å². The van der Waals surface area contributed by atoms with Gasteiger partial charge in [-0.25, -0.2) is 0 Å². The van der Waals surface area contributed by atoms with Crippen LogP contribution in [0.3, 0.4) is 0 Å². The molecule has 1 aromatic rings. The number of aromatic nitrogens is 3. The molecule has 2 N–H and O–H groups in total. The van der Waals surface area contributed by atoms with Crippen molar-refractivity contribution in [3.63, 3.8) is 0 Å². The zero-order valence-corrected chi connectivity index (χ0v) is 12.5. The van der Waals surface area contributed by atoms with E-state index < -0.39 is 0 Å². The number of carbonyl (C=O) groups is 1. The molecule has 1 amide bonds. The Morgan fingerprint density at radius 3 is 3.00 bits per heavy atom. The van der Waals surface area contributed by atoms with Gasteiger partial charge in [0.25, 0.3) is 0 Å². The van der Waals surface area contributed by atoms with Crippen molar-refractivity contribution >= 4 is 5.91 Å². The van der Waals surface area contributed by atoms with Gasteiger partial charge in [-0.3, -0.25) is 4.79 Å². The van der Waals surface area contributed by atoms with Crippen LogP contribution in [0.15, 0.2) is 0 Å². The van der Waals surface area contributed by atoms with E-state index in [9.17, 15) is 4.79 Å². The van der Waals surface area contributed by atoms with Gasteiger partial charge in [0.2, 0.25) is 5.91 Å². The number of amides is 1. The fourth-order valence-electron chi connectivity index (χ4n) is 2.31. The zero-order chi connectivity index (χ0) is 14.4. The SMILES string of the molecule is CC(C)CNC(=O)CCNCc1nnc2n1CCCC2. The van der Waals surface area contributed by atoms with Gasteiger partial charge in [0.05, 0.1) is 6.54 Å². The van der Waals surface area contributed by atoms with Gasteiger partial charge in [-0.1, -0.05) is 13.8 Å². The topological polar surface area (TPSA) is 71.8 Å². The second-order valence-corrected chi connectivity index (χ2v) is 5.77. The van der Waals surface area contributed by atoms with Gasteiger partial charge in [-0.05, 0) is 18.8 Å². The summed E-state index contributed by atoms with van der Waals surface area (Å²) in [5, 5.41) is 14.6. The van der Waals surface area contributed by atoms with Gasteiger partial charge in [0.1, 0.15) is 11.6 Å². The van der Waals surface area contributed by atoms with Crippen LogP contribution < -0.4 is 10.6 Å². The van der Waals surface area contributed by atoms with Gasteiger partial charge in [-0.15, -0.1) is 10.2 Å². The summed E-state index contributed by atoms with van der Waals surface area (Å²) in [7, 11) is 0. The number of carbonyl (C=O) groups excluding carboxylic acids is 1. The largest absolute Gasteiger partial charge is 0.356 e. The molecule has 20 heavy (non-hydrogen) atoms. The lowest BCUT2D eigenvalue weighted by molar-refractivity contribution is -0.121. The van der Waals surface area contributed by atoms with Crippen molar-refractivity contribution in [1.82, 2.24) is 25.4 Å². The molecule has 0 radical (unpaired) electrons. The molecular formula is C14H25N5O. The summed E-state index contributed by atoms with van der Waals surface area (Å²) >= 11 is 0. The molecule has 0 saturated carbocycles. The quantitative estimate of drug-likeness (QED) is 0.726. The van der Waals surface area contributed by atoms with Crippen LogP contribution >= 0.6 is 0 Å². The summed E-state index contributed by atoms with van der Waals surface area (Å²) in [4.78, 5) is 11.6. The highest BCUT2D eigenvalue weighted by Crippen LogP contribution is 2.13. The monoisotopic (exact) mass is 279 g/mol.